The van der Waals surface area contributed by atoms with Crippen molar-refractivity contribution in [3.8, 4) is 11.5 Å². The molecule has 0 amide bonds. The summed E-state index contributed by atoms with van der Waals surface area (Å²) >= 11 is 3.25. The van der Waals surface area contributed by atoms with Gasteiger partial charge in [0.2, 0.25) is 0 Å². The number of halogens is 1. The first kappa shape index (κ1) is 15.7. The lowest BCUT2D eigenvalue weighted by Gasteiger charge is -2.13. The zero-order chi connectivity index (χ0) is 15.5. The third-order valence-corrected chi connectivity index (χ3v) is 4.62. The topological polar surface area (TPSA) is 64.6 Å². The van der Waals surface area contributed by atoms with Crippen LogP contribution < -0.4 is 14.2 Å². The zero-order valence-electron chi connectivity index (χ0n) is 11.5. The molecular weight excluding hydrogens is 358 g/mol. The predicted molar refractivity (Wildman–Crippen MR) is 84.5 cm³/mol. The smallest absolute Gasteiger partial charge is 0.262 e. The molecule has 0 radical (unpaired) electrons. The Bertz CT molecular complexity index is 746. The molecular formula is C14H14BrNO4S. The van der Waals surface area contributed by atoms with E-state index in [2.05, 4.69) is 20.7 Å². The Kier molecular flexibility index (Phi) is 4.74. The number of methoxy groups -OCH3 is 2. The molecule has 2 aromatic rings. The minimum atomic E-state index is -3.69. The molecule has 0 bridgehead atoms. The minimum Gasteiger partial charge on any atom is -0.497 e. The molecule has 0 atom stereocenters. The molecule has 2 rings (SSSR count). The Labute approximate surface area is 132 Å². The summed E-state index contributed by atoms with van der Waals surface area (Å²) in [5.41, 5.74) is 0.346. The van der Waals surface area contributed by atoms with Crippen LogP contribution in [0.1, 0.15) is 0 Å². The van der Waals surface area contributed by atoms with Crippen LogP contribution in [-0.2, 0) is 10.0 Å². The summed E-state index contributed by atoms with van der Waals surface area (Å²) in [5, 5.41) is 0. The highest BCUT2D eigenvalue weighted by Crippen LogP contribution is 2.31. The second-order valence-electron chi connectivity index (χ2n) is 4.13. The van der Waals surface area contributed by atoms with Crippen molar-refractivity contribution in [2.45, 2.75) is 4.90 Å². The molecule has 0 saturated carbocycles. The number of benzene rings is 2. The lowest BCUT2D eigenvalue weighted by Crippen LogP contribution is -2.13. The number of sulfonamides is 1. The van der Waals surface area contributed by atoms with Crippen LogP contribution in [0.4, 0.5) is 5.69 Å². The lowest BCUT2D eigenvalue weighted by atomic mass is 10.3. The highest BCUT2D eigenvalue weighted by molar-refractivity contribution is 9.10. The number of ether oxygens (including phenoxy) is 2. The summed E-state index contributed by atoms with van der Waals surface area (Å²) in [5.74, 6) is 0.963. The molecule has 0 aliphatic carbocycles. The fraction of sp³-hybridized carbons (Fsp3) is 0.143. The highest BCUT2D eigenvalue weighted by Gasteiger charge is 2.17. The van der Waals surface area contributed by atoms with Crippen molar-refractivity contribution in [2.75, 3.05) is 18.9 Å². The van der Waals surface area contributed by atoms with Gasteiger partial charge in [-0.3, -0.25) is 4.72 Å². The van der Waals surface area contributed by atoms with Gasteiger partial charge in [0, 0.05) is 10.5 Å². The van der Waals surface area contributed by atoms with Crippen LogP contribution in [0.5, 0.6) is 11.5 Å². The third-order valence-electron chi connectivity index (χ3n) is 2.76. The third kappa shape index (κ3) is 3.68. The maximum absolute atomic E-state index is 12.4. The van der Waals surface area contributed by atoms with Crippen molar-refractivity contribution in [2.24, 2.45) is 0 Å². The Morgan fingerprint density at radius 3 is 2.43 bits per heavy atom. The molecule has 1 N–H and O–H groups in total. The first-order valence-corrected chi connectivity index (χ1v) is 8.24. The first-order chi connectivity index (χ1) is 9.96. The summed E-state index contributed by atoms with van der Waals surface area (Å²) < 4.78 is 38.2. The van der Waals surface area contributed by atoms with Gasteiger partial charge in [-0.25, -0.2) is 8.42 Å². The van der Waals surface area contributed by atoms with Crippen LogP contribution in [0.25, 0.3) is 0 Å². The SMILES string of the molecule is COc1ccc(NS(=O)(=O)c2cccc(Br)c2)c(OC)c1. The van der Waals surface area contributed by atoms with Crippen molar-refractivity contribution in [1.29, 1.82) is 0 Å². The van der Waals surface area contributed by atoms with E-state index >= 15 is 0 Å². The maximum atomic E-state index is 12.4. The Morgan fingerprint density at radius 1 is 1.05 bits per heavy atom. The zero-order valence-corrected chi connectivity index (χ0v) is 13.9. The van der Waals surface area contributed by atoms with Crippen LogP contribution in [-0.4, -0.2) is 22.6 Å². The van der Waals surface area contributed by atoms with E-state index in [9.17, 15) is 8.42 Å². The van der Waals surface area contributed by atoms with Crippen molar-refractivity contribution in [1.82, 2.24) is 0 Å². The number of rotatable bonds is 5. The molecule has 7 heteroatoms. The van der Waals surface area contributed by atoms with E-state index in [0.29, 0.717) is 21.7 Å². The average molecular weight is 372 g/mol. The predicted octanol–water partition coefficient (Wildman–Crippen LogP) is 3.27. The normalized spacial score (nSPS) is 11.0. The summed E-state index contributed by atoms with van der Waals surface area (Å²) in [6.07, 6.45) is 0. The van der Waals surface area contributed by atoms with Crippen LogP contribution in [0.2, 0.25) is 0 Å². The van der Waals surface area contributed by atoms with E-state index in [1.54, 1.807) is 30.3 Å². The molecule has 0 aliphatic rings. The highest BCUT2D eigenvalue weighted by atomic mass is 79.9. The van der Waals surface area contributed by atoms with Gasteiger partial charge in [-0.1, -0.05) is 22.0 Å². The van der Waals surface area contributed by atoms with Gasteiger partial charge in [-0.2, -0.15) is 0 Å². The van der Waals surface area contributed by atoms with E-state index < -0.39 is 10.0 Å². The quantitative estimate of drug-likeness (QED) is 0.875. The monoisotopic (exact) mass is 371 g/mol. The molecule has 0 aromatic heterocycles. The van der Waals surface area contributed by atoms with Gasteiger partial charge in [0.05, 0.1) is 24.8 Å². The lowest BCUT2D eigenvalue weighted by molar-refractivity contribution is 0.395. The average Bonchev–Trinajstić information content (AvgIpc) is 2.47. The molecule has 0 unspecified atom stereocenters. The second-order valence-corrected chi connectivity index (χ2v) is 6.73. The number of nitrogens with one attached hydrogen (secondary N) is 1. The van der Waals surface area contributed by atoms with E-state index in [1.807, 2.05) is 0 Å². The van der Waals surface area contributed by atoms with E-state index in [1.165, 1.54) is 26.4 Å². The molecule has 5 nitrogen and oxygen atoms in total. The van der Waals surface area contributed by atoms with Gasteiger partial charge in [0.15, 0.2) is 0 Å². The van der Waals surface area contributed by atoms with Crippen LogP contribution in [0, 0.1) is 0 Å². The minimum absolute atomic E-state index is 0.162. The van der Waals surface area contributed by atoms with Crippen LogP contribution in [0.15, 0.2) is 51.8 Å². The molecule has 0 aliphatic heterocycles. The molecule has 112 valence electrons. The van der Waals surface area contributed by atoms with Crippen molar-refractivity contribution in [3.05, 3.63) is 46.9 Å². The standard InChI is InChI=1S/C14H14BrNO4S/c1-19-11-6-7-13(14(9-11)20-2)16-21(17,18)12-5-3-4-10(15)8-12/h3-9,16H,1-2H3. The Balaban J connectivity index is 2.37. The fourth-order valence-corrected chi connectivity index (χ4v) is 3.39. The largest absolute Gasteiger partial charge is 0.497 e. The van der Waals surface area contributed by atoms with Gasteiger partial charge >= 0.3 is 0 Å². The first-order valence-electron chi connectivity index (χ1n) is 5.96. The van der Waals surface area contributed by atoms with Crippen LogP contribution >= 0.6 is 15.9 Å². The van der Waals surface area contributed by atoms with E-state index in [0.717, 1.165) is 0 Å². The summed E-state index contributed by atoms with van der Waals surface area (Å²) in [7, 11) is -0.697. The molecule has 0 fully saturated rings. The van der Waals surface area contributed by atoms with Crippen LogP contribution in [0.3, 0.4) is 0 Å². The van der Waals surface area contributed by atoms with E-state index in [4.69, 9.17) is 9.47 Å². The van der Waals surface area contributed by atoms with Gasteiger partial charge in [0.25, 0.3) is 10.0 Å². The summed E-state index contributed by atoms with van der Waals surface area (Å²) in [4.78, 5) is 0.162. The van der Waals surface area contributed by atoms with Crippen molar-refractivity contribution in [3.63, 3.8) is 0 Å². The maximum Gasteiger partial charge on any atom is 0.262 e. The van der Waals surface area contributed by atoms with Gasteiger partial charge in [-0.05, 0) is 30.3 Å². The fourth-order valence-electron chi connectivity index (χ4n) is 1.72. The molecule has 0 spiro atoms. The van der Waals surface area contributed by atoms with Crippen molar-refractivity contribution >= 4 is 31.6 Å². The summed E-state index contributed by atoms with van der Waals surface area (Å²) in [6, 6.07) is 11.3. The van der Waals surface area contributed by atoms with Gasteiger partial charge in [-0.15, -0.1) is 0 Å². The van der Waals surface area contributed by atoms with E-state index in [-0.39, 0.29) is 4.90 Å². The second kappa shape index (κ2) is 6.36. The number of hydrogen-bond donors (Lipinski definition) is 1. The molecule has 0 heterocycles. The summed E-state index contributed by atoms with van der Waals surface area (Å²) in [6.45, 7) is 0. The van der Waals surface area contributed by atoms with Gasteiger partial charge < -0.3 is 9.47 Å². The molecule has 0 saturated heterocycles. The Hall–Kier alpha value is -1.73. The molecule has 21 heavy (non-hydrogen) atoms. The molecule has 2 aromatic carbocycles. The Morgan fingerprint density at radius 2 is 1.81 bits per heavy atom. The van der Waals surface area contributed by atoms with Crippen molar-refractivity contribution < 1.29 is 17.9 Å². The number of hydrogen-bond acceptors (Lipinski definition) is 4. The van der Waals surface area contributed by atoms with Gasteiger partial charge in [0.1, 0.15) is 11.5 Å². The number of anilines is 1.